The third-order valence-electron chi connectivity index (χ3n) is 5.70. The molecule has 0 spiro atoms. The fourth-order valence-electron chi connectivity index (χ4n) is 3.95. The molecule has 2 aromatic heterocycles. The van der Waals surface area contributed by atoms with Crippen LogP contribution in [0.1, 0.15) is 15.9 Å². The first-order chi connectivity index (χ1) is 17.0. The second kappa shape index (κ2) is 8.49. The number of rotatable bonds is 3. The molecular weight excluding hydrogens is 478 g/mol. The third-order valence-corrected chi connectivity index (χ3v) is 6.46. The molecule has 6 rings (SSSR count). The third kappa shape index (κ3) is 3.98. The molecule has 8 nitrogen and oxygen atoms in total. The van der Waals surface area contributed by atoms with Crippen LogP contribution in [0, 0.1) is 6.92 Å². The van der Waals surface area contributed by atoms with Crippen LogP contribution >= 0.6 is 23.9 Å². The fourth-order valence-corrected chi connectivity index (χ4v) is 4.67. The molecule has 0 aliphatic heterocycles. The summed E-state index contributed by atoms with van der Waals surface area (Å²) in [7, 11) is 0. The Labute approximate surface area is 208 Å². The van der Waals surface area contributed by atoms with Gasteiger partial charge in [-0.25, -0.2) is 0 Å². The Hall–Kier alpha value is -4.28. The highest BCUT2D eigenvalue weighted by Crippen LogP contribution is 2.25. The van der Waals surface area contributed by atoms with Gasteiger partial charge < -0.3 is 5.32 Å². The number of hydrogen-bond donors (Lipinski definition) is 2. The van der Waals surface area contributed by atoms with Gasteiger partial charge in [0.25, 0.3) is 5.91 Å². The molecule has 4 aromatic carbocycles. The minimum atomic E-state index is -0.321. The standard InChI is InChI=1S/C25H17N7OS2/c1-14-11-20-21(29-32(28-20)23-8-4-6-15-5-2-3-7-17(15)23)13-19(14)26-25(34)27-24(33)16-9-10-18-22(12-16)31-35-30-18/h2-13H,1H3,(H2,26,27,33,34). The van der Waals surface area contributed by atoms with Gasteiger partial charge in [0.15, 0.2) is 5.11 Å². The SMILES string of the molecule is Cc1cc2nn(-c3cccc4ccccc34)nc2cc1NC(=S)NC(=O)c1ccc2nsnc2c1. The van der Waals surface area contributed by atoms with Crippen molar-refractivity contribution in [2.75, 3.05) is 5.32 Å². The Bertz CT molecular complexity index is 1770. The Kier molecular flexibility index (Phi) is 5.16. The summed E-state index contributed by atoms with van der Waals surface area (Å²) >= 11 is 6.51. The first-order valence-corrected chi connectivity index (χ1v) is 11.9. The van der Waals surface area contributed by atoms with Crippen molar-refractivity contribution >= 4 is 73.5 Å². The van der Waals surface area contributed by atoms with Gasteiger partial charge in [-0.15, -0.1) is 15.0 Å². The van der Waals surface area contributed by atoms with Gasteiger partial charge in [0.1, 0.15) is 22.1 Å². The van der Waals surface area contributed by atoms with Gasteiger partial charge in [0.05, 0.1) is 17.4 Å². The highest BCUT2D eigenvalue weighted by molar-refractivity contribution is 7.80. The normalized spacial score (nSPS) is 11.2. The lowest BCUT2D eigenvalue weighted by molar-refractivity contribution is 0.0978. The topological polar surface area (TPSA) is 97.6 Å². The second-order valence-electron chi connectivity index (χ2n) is 8.02. The van der Waals surface area contributed by atoms with E-state index in [0.717, 1.165) is 50.5 Å². The maximum Gasteiger partial charge on any atom is 0.257 e. The van der Waals surface area contributed by atoms with E-state index in [1.807, 2.05) is 43.3 Å². The zero-order chi connectivity index (χ0) is 23.9. The van der Waals surface area contributed by atoms with Gasteiger partial charge in [-0.1, -0.05) is 36.4 Å². The minimum Gasteiger partial charge on any atom is -0.332 e. The van der Waals surface area contributed by atoms with Crippen molar-refractivity contribution in [2.24, 2.45) is 0 Å². The molecule has 2 heterocycles. The average Bonchev–Trinajstić information content (AvgIpc) is 3.50. The summed E-state index contributed by atoms with van der Waals surface area (Å²) in [6.07, 6.45) is 0. The van der Waals surface area contributed by atoms with E-state index in [2.05, 4.69) is 42.7 Å². The number of amides is 1. The van der Waals surface area contributed by atoms with Crippen LogP contribution in [-0.4, -0.2) is 34.8 Å². The van der Waals surface area contributed by atoms with Crippen LogP contribution in [-0.2, 0) is 0 Å². The highest BCUT2D eigenvalue weighted by Gasteiger charge is 2.13. The van der Waals surface area contributed by atoms with Crippen molar-refractivity contribution in [3.05, 3.63) is 83.9 Å². The number of fused-ring (bicyclic) bond motifs is 3. The first kappa shape index (κ1) is 21.3. The molecule has 0 radical (unpaired) electrons. The molecule has 0 bridgehead atoms. The number of aryl methyl sites for hydroxylation is 1. The molecular formula is C25H17N7OS2. The molecule has 0 saturated carbocycles. The molecule has 170 valence electrons. The van der Waals surface area contributed by atoms with Crippen LogP contribution in [0.5, 0.6) is 0 Å². The highest BCUT2D eigenvalue weighted by atomic mass is 32.1. The maximum atomic E-state index is 12.7. The lowest BCUT2D eigenvalue weighted by atomic mass is 10.1. The Balaban J connectivity index is 1.25. The second-order valence-corrected chi connectivity index (χ2v) is 8.96. The van der Waals surface area contributed by atoms with Gasteiger partial charge >= 0.3 is 0 Å². The predicted octanol–water partition coefficient (Wildman–Crippen LogP) is 5.01. The van der Waals surface area contributed by atoms with E-state index in [1.54, 1.807) is 23.0 Å². The maximum absolute atomic E-state index is 12.7. The van der Waals surface area contributed by atoms with Crippen molar-refractivity contribution < 1.29 is 4.79 Å². The van der Waals surface area contributed by atoms with Gasteiger partial charge in [-0.2, -0.15) is 8.75 Å². The minimum absolute atomic E-state index is 0.190. The molecule has 0 aliphatic rings. The van der Waals surface area contributed by atoms with Crippen molar-refractivity contribution in [1.29, 1.82) is 0 Å². The van der Waals surface area contributed by atoms with Gasteiger partial charge in [-0.05, 0) is 66.5 Å². The Morgan fingerprint density at radius 2 is 1.66 bits per heavy atom. The van der Waals surface area contributed by atoms with Crippen molar-refractivity contribution in [3.8, 4) is 5.69 Å². The number of benzene rings is 4. The molecule has 0 fully saturated rings. The summed E-state index contributed by atoms with van der Waals surface area (Å²) in [5, 5.41) is 17.6. The summed E-state index contributed by atoms with van der Waals surface area (Å²) in [6.45, 7) is 1.95. The molecule has 10 heteroatoms. The van der Waals surface area contributed by atoms with Crippen molar-refractivity contribution in [1.82, 2.24) is 29.1 Å². The average molecular weight is 496 g/mol. The molecule has 2 N–H and O–H groups in total. The smallest absolute Gasteiger partial charge is 0.257 e. The fraction of sp³-hybridized carbons (Fsp3) is 0.0400. The van der Waals surface area contributed by atoms with E-state index in [0.29, 0.717) is 16.6 Å². The molecule has 6 aromatic rings. The van der Waals surface area contributed by atoms with E-state index in [-0.39, 0.29) is 11.0 Å². The van der Waals surface area contributed by atoms with Crippen LogP contribution in [0.4, 0.5) is 5.69 Å². The molecule has 0 atom stereocenters. The summed E-state index contributed by atoms with van der Waals surface area (Å²) in [5.74, 6) is -0.321. The number of thiocarbonyl (C=S) groups is 1. The zero-order valence-corrected chi connectivity index (χ0v) is 20.0. The molecule has 0 unspecified atom stereocenters. The van der Waals surface area contributed by atoms with Crippen molar-refractivity contribution in [3.63, 3.8) is 0 Å². The van der Waals surface area contributed by atoms with E-state index in [9.17, 15) is 4.79 Å². The molecule has 0 aliphatic carbocycles. The zero-order valence-electron chi connectivity index (χ0n) is 18.4. The monoisotopic (exact) mass is 495 g/mol. The van der Waals surface area contributed by atoms with E-state index in [4.69, 9.17) is 17.3 Å². The summed E-state index contributed by atoms with van der Waals surface area (Å²) in [5.41, 5.74) is 5.94. The molecule has 0 saturated heterocycles. The van der Waals surface area contributed by atoms with Crippen LogP contribution < -0.4 is 10.6 Å². The number of aromatic nitrogens is 5. The largest absolute Gasteiger partial charge is 0.332 e. The van der Waals surface area contributed by atoms with Gasteiger partial charge in [0, 0.05) is 16.6 Å². The molecule has 35 heavy (non-hydrogen) atoms. The van der Waals surface area contributed by atoms with Crippen LogP contribution in [0.2, 0.25) is 0 Å². The van der Waals surface area contributed by atoms with E-state index >= 15 is 0 Å². The number of nitrogens with zero attached hydrogens (tertiary/aromatic N) is 5. The number of carbonyl (C=O) groups is 1. The van der Waals surface area contributed by atoms with Crippen LogP contribution in [0.3, 0.4) is 0 Å². The van der Waals surface area contributed by atoms with E-state index < -0.39 is 0 Å². The summed E-state index contributed by atoms with van der Waals surface area (Å²) in [6, 6.07) is 23.2. The van der Waals surface area contributed by atoms with Crippen molar-refractivity contribution in [2.45, 2.75) is 6.92 Å². The Morgan fingerprint density at radius 1 is 0.886 bits per heavy atom. The number of anilines is 1. The van der Waals surface area contributed by atoms with Crippen LogP contribution in [0.15, 0.2) is 72.8 Å². The predicted molar refractivity (Wildman–Crippen MR) is 142 cm³/mol. The molecule has 1 amide bonds. The van der Waals surface area contributed by atoms with Gasteiger partial charge in [0.2, 0.25) is 0 Å². The summed E-state index contributed by atoms with van der Waals surface area (Å²) < 4.78 is 8.33. The lowest BCUT2D eigenvalue weighted by Gasteiger charge is -2.11. The quantitative estimate of drug-likeness (QED) is 0.333. The first-order valence-electron chi connectivity index (χ1n) is 10.8. The number of nitrogens with one attached hydrogen (secondary N) is 2. The number of hydrogen-bond acceptors (Lipinski definition) is 7. The lowest BCUT2D eigenvalue weighted by Crippen LogP contribution is -2.34. The van der Waals surface area contributed by atoms with E-state index in [1.165, 1.54) is 0 Å². The van der Waals surface area contributed by atoms with Gasteiger partial charge in [-0.3, -0.25) is 10.1 Å². The number of carbonyl (C=O) groups excluding carboxylic acids is 1. The van der Waals surface area contributed by atoms with Crippen LogP contribution in [0.25, 0.3) is 38.5 Å². The Morgan fingerprint density at radius 3 is 2.54 bits per heavy atom. The summed E-state index contributed by atoms with van der Waals surface area (Å²) in [4.78, 5) is 14.3.